The largest absolute Gasteiger partial charge is 0.490 e. The molecule has 0 aliphatic rings. The van der Waals surface area contributed by atoms with E-state index in [-0.39, 0.29) is 18.1 Å². The lowest BCUT2D eigenvalue weighted by atomic mass is 10.2. The van der Waals surface area contributed by atoms with Gasteiger partial charge in [-0.3, -0.25) is 10.1 Å². The first-order valence-electron chi connectivity index (χ1n) is 9.16. The monoisotopic (exact) mass is 396 g/mol. The summed E-state index contributed by atoms with van der Waals surface area (Å²) in [7, 11) is 0. The Morgan fingerprint density at radius 1 is 0.966 bits per heavy atom. The number of non-ortho nitro benzene ring substituents is 1. The molecule has 1 N–H and O–H groups in total. The van der Waals surface area contributed by atoms with Crippen molar-refractivity contribution in [3.8, 4) is 11.5 Å². The number of nitro groups is 1. The first-order valence-corrected chi connectivity index (χ1v) is 9.16. The summed E-state index contributed by atoms with van der Waals surface area (Å²) in [5.41, 5.74) is 2.34. The van der Waals surface area contributed by atoms with Gasteiger partial charge in [0.25, 0.3) is 5.69 Å². The van der Waals surface area contributed by atoms with Gasteiger partial charge in [-0.05, 0) is 48.4 Å². The molecule has 0 aliphatic carbocycles. The molecular weight excluding hydrogens is 375 g/mol. The average molecular weight is 396 g/mol. The topological polar surface area (TPSA) is 73.6 Å². The van der Waals surface area contributed by atoms with Crippen molar-refractivity contribution in [2.24, 2.45) is 0 Å². The van der Waals surface area contributed by atoms with E-state index in [0.717, 1.165) is 11.1 Å². The molecule has 0 fully saturated rings. The van der Waals surface area contributed by atoms with Crippen LogP contribution in [0.25, 0.3) is 0 Å². The van der Waals surface area contributed by atoms with Gasteiger partial charge in [0.05, 0.1) is 11.5 Å². The van der Waals surface area contributed by atoms with E-state index in [1.54, 1.807) is 30.3 Å². The lowest BCUT2D eigenvalue weighted by molar-refractivity contribution is -0.384. The van der Waals surface area contributed by atoms with Crippen molar-refractivity contribution in [3.05, 3.63) is 93.8 Å². The van der Waals surface area contributed by atoms with E-state index in [1.807, 2.05) is 19.1 Å². The van der Waals surface area contributed by atoms with E-state index in [0.29, 0.717) is 30.3 Å². The molecule has 0 saturated heterocycles. The van der Waals surface area contributed by atoms with Crippen LogP contribution in [-0.4, -0.2) is 11.5 Å². The van der Waals surface area contributed by atoms with Gasteiger partial charge in [0.2, 0.25) is 0 Å². The minimum absolute atomic E-state index is 0.0334. The smallest absolute Gasteiger partial charge is 0.271 e. The highest BCUT2D eigenvalue weighted by atomic mass is 19.1. The number of rotatable bonds is 9. The third kappa shape index (κ3) is 5.68. The zero-order valence-electron chi connectivity index (χ0n) is 15.9. The highest BCUT2D eigenvalue weighted by Crippen LogP contribution is 2.30. The van der Waals surface area contributed by atoms with Crippen molar-refractivity contribution < 1.29 is 18.8 Å². The SMILES string of the molecule is CCOc1cc(CNc2cccc([N+](=O)[O-])c2)ccc1OCc1cccc(F)c1. The van der Waals surface area contributed by atoms with Crippen LogP contribution in [0.15, 0.2) is 66.7 Å². The van der Waals surface area contributed by atoms with Crippen molar-refractivity contribution >= 4 is 11.4 Å². The molecule has 0 unspecified atom stereocenters. The van der Waals surface area contributed by atoms with Gasteiger partial charge >= 0.3 is 0 Å². The Kier molecular flexibility index (Phi) is 6.63. The molecule has 7 heteroatoms. The van der Waals surface area contributed by atoms with E-state index >= 15 is 0 Å². The zero-order chi connectivity index (χ0) is 20.6. The molecule has 150 valence electrons. The Hall–Kier alpha value is -3.61. The number of ether oxygens (including phenoxy) is 2. The van der Waals surface area contributed by atoms with Gasteiger partial charge in [0.15, 0.2) is 11.5 Å². The number of anilines is 1. The van der Waals surface area contributed by atoms with Crippen LogP contribution in [0.5, 0.6) is 11.5 Å². The van der Waals surface area contributed by atoms with Crippen molar-refractivity contribution in [1.82, 2.24) is 0 Å². The third-order valence-electron chi connectivity index (χ3n) is 4.14. The van der Waals surface area contributed by atoms with E-state index < -0.39 is 4.92 Å². The minimum atomic E-state index is -0.427. The molecule has 0 saturated carbocycles. The molecule has 3 rings (SSSR count). The molecule has 0 spiro atoms. The highest BCUT2D eigenvalue weighted by molar-refractivity contribution is 5.52. The van der Waals surface area contributed by atoms with E-state index in [2.05, 4.69) is 5.32 Å². The second-order valence-corrected chi connectivity index (χ2v) is 6.29. The van der Waals surface area contributed by atoms with Crippen LogP contribution in [0, 0.1) is 15.9 Å². The molecule has 0 amide bonds. The van der Waals surface area contributed by atoms with Gasteiger partial charge < -0.3 is 14.8 Å². The lowest BCUT2D eigenvalue weighted by Crippen LogP contribution is -2.03. The van der Waals surface area contributed by atoms with Gasteiger partial charge in [-0.15, -0.1) is 0 Å². The van der Waals surface area contributed by atoms with Gasteiger partial charge in [-0.2, -0.15) is 0 Å². The Balaban J connectivity index is 1.68. The summed E-state index contributed by atoms with van der Waals surface area (Å²) < 4.78 is 24.8. The Labute approximate surface area is 168 Å². The molecule has 3 aromatic rings. The second kappa shape index (κ2) is 9.54. The second-order valence-electron chi connectivity index (χ2n) is 6.29. The van der Waals surface area contributed by atoms with Crippen LogP contribution in [0.3, 0.4) is 0 Å². The third-order valence-corrected chi connectivity index (χ3v) is 4.14. The fraction of sp³-hybridized carbons (Fsp3) is 0.182. The summed E-state index contributed by atoms with van der Waals surface area (Å²) >= 11 is 0. The van der Waals surface area contributed by atoms with Crippen LogP contribution in [0.4, 0.5) is 15.8 Å². The molecule has 6 nitrogen and oxygen atoms in total. The van der Waals surface area contributed by atoms with Gasteiger partial charge in [0.1, 0.15) is 12.4 Å². The predicted molar refractivity (Wildman–Crippen MR) is 109 cm³/mol. The molecule has 0 aliphatic heterocycles. The standard InChI is InChI=1S/C22H21FN2O4/c1-2-28-22-12-16(14-24-19-7-4-8-20(13-19)25(26)27)9-10-21(22)29-15-17-5-3-6-18(23)11-17/h3-13,24H,2,14-15H2,1H3. The molecule has 0 aromatic heterocycles. The molecule has 0 atom stereocenters. The maximum Gasteiger partial charge on any atom is 0.271 e. The maximum absolute atomic E-state index is 13.3. The van der Waals surface area contributed by atoms with Crippen molar-refractivity contribution in [1.29, 1.82) is 0 Å². The van der Waals surface area contributed by atoms with Gasteiger partial charge in [0, 0.05) is 24.4 Å². The van der Waals surface area contributed by atoms with Crippen LogP contribution >= 0.6 is 0 Å². The van der Waals surface area contributed by atoms with Crippen molar-refractivity contribution in [2.45, 2.75) is 20.1 Å². The summed E-state index contributed by atoms with van der Waals surface area (Å²) in [4.78, 5) is 10.5. The Bertz CT molecular complexity index is 994. The number of nitrogens with one attached hydrogen (secondary N) is 1. The molecule has 3 aromatic carbocycles. The molecule has 0 bridgehead atoms. The number of nitro benzene ring substituents is 1. The Morgan fingerprint density at radius 2 is 1.79 bits per heavy atom. The number of benzene rings is 3. The van der Waals surface area contributed by atoms with Crippen LogP contribution < -0.4 is 14.8 Å². The summed E-state index contributed by atoms with van der Waals surface area (Å²) in [6, 6.07) is 18.1. The number of hydrogen-bond acceptors (Lipinski definition) is 5. The quantitative estimate of drug-likeness (QED) is 0.391. The molecule has 0 radical (unpaired) electrons. The summed E-state index contributed by atoms with van der Waals surface area (Å²) in [6.07, 6.45) is 0. The van der Waals surface area contributed by atoms with Crippen molar-refractivity contribution in [3.63, 3.8) is 0 Å². The number of hydrogen-bond donors (Lipinski definition) is 1. The fourth-order valence-electron chi connectivity index (χ4n) is 2.77. The predicted octanol–water partition coefficient (Wildman–Crippen LogP) is 5.32. The summed E-state index contributed by atoms with van der Waals surface area (Å²) in [5.74, 6) is 0.844. The fourth-order valence-corrected chi connectivity index (χ4v) is 2.77. The molecule has 29 heavy (non-hydrogen) atoms. The average Bonchev–Trinajstić information content (AvgIpc) is 2.72. The molecule has 0 heterocycles. The normalized spacial score (nSPS) is 10.4. The first kappa shape index (κ1) is 20.1. The first-order chi connectivity index (χ1) is 14.0. The van der Waals surface area contributed by atoms with E-state index in [1.165, 1.54) is 24.3 Å². The highest BCUT2D eigenvalue weighted by Gasteiger charge is 2.09. The van der Waals surface area contributed by atoms with E-state index in [9.17, 15) is 14.5 Å². The van der Waals surface area contributed by atoms with E-state index in [4.69, 9.17) is 9.47 Å². The Morgan fingerprint density at radius 3 is 2.55 bits per heavy atom. The minimum Gasteiger partial charge on any atom is -0.490 e. The number of halogens is 1. The van der Waals surface area contributed by atoms with Crippen LogP contribution in [0.2, 0.25) is 0 Å². The summed E-state index contributed by atoms with van der Waals surface area (Å²) in [6.45, 7) is 3.04. The maximum atomic E-state index is 13.3. The van der Waals surface area contributed by atoms with Crippen molar-refractivity contribution in [2.75, 3.05) is 11.9 Å². The van der Waals surface area contributed by atoms with Gasteiger partial charge in [-0.1, -0.05) is 24.3 Å². The number of nitrogens with zero attached hydrogens (tertiary/aromatic N) is 1. The summed E-state index contributed by atoms with van der Waals surface area (Å²) in [5, 5.41) is 14.1. The molecular formula is C22H21FN2O4. The van der Waals surface area contributed by atoms with Crippen LogP contribution in [-0.2, 0) is 13.2 Å². The lowest BCUT2D eigenvalue weighted by Gasteiger charge is -2.14. The van der Waals surface area contributed by atoms with Crippen LogP contribution in [0.1, 0.15) is 18.1 Å². The zero-order valence-corrected chi connectivity index (χ0v) is 15.9. The van der Waals surface area contributed by atoms with Gasteiger partial charge in [-0.25, -0.2) is 4.39 Å².